The van der Waals surface area contributed by atoms with E-state index in [1.54, 1.807) is 36.4 Å². The monoisotopic (exact) mass is 617 g/mol. The van der Waals surface area contributed by atoms with E-state index in [4.69, 9.17) is 10.5 Å². The lowest BCUT2D eigenvalue weighted by Crippen LogP contribution is -2.42. The fourth-order valence-corrected chi connectivity index (χ4v) is 5.55. The molecule has 238 valence electrons. The van der Waals surface area contributed by atoms with Gasteiger partial charge in [-0.1, -0.05) is 53.2 Å². The first-order valence-electron chi connectivity index (χ1n) is 14.7. The van der Waals surface area contributed by atoms with Crippen molar-refractivity contribution in [2.24, 2.45) is 17.8 Å². The zero-order valence-corrected chi connectivity index (χ0v) is 27.1. The molecule has 1 aromatic carbocycles. The van der Waals surface area contributed by atoms with Gasteiger partial charge in [0, 0.05) is 50.1 Å². The minimum absolute atomic E-state index is 0.0219. The van der Waals surface area contributed by atoms with Crippen LogP contribution in [0.3, 0.4) is 0 Å². The summed E-state index contributed by atoms with van der Waals surface area (Å²) in [7, 11) is 3.23. The summed E-state index contributed by atoms with van der Waals surface area (Å²) in [6.07, 6.45) is 0.821. The molecule has 2 aromatic rings. The molecule has 2 rings (SSSR count). The molecule has 0 fully saturated rings. The number of amides is 3. The molecule has 11 nitrogen and oxygen atoms in total. The number of aliphatic carboxylic acids is 1. The second-order valence-corrected chi connectivity index (χ2v) is 12.5. The van der Waals surface area contributed by atoms with Gasteiger partial charge < -0.3 is 31.1 Å². The molecule has 43 heavy (non-hydrogen) atoms. The highest BCUT2D eigenvalue weighted by Gasteiger charge is 2.32. The number of hydrogen-bond acceptors (Lipinski definition) is 8. The van der Waals surface area contributed by atoms with Crippen LogP contribution in [0.5, 0.6) is 0 Å². The summed E-state index contributed by atoms with van der Waals surface area (Å²) >= 11 is 1.19. The quantitative estimate of drug-likeness (QED) is 0.194. The van der Waals surface area contributed by atoms with Gasteiger partial charge in [-0.15, -0.1) is 11.3 Å². The van der Waals surface area contributed by atoms with E-state index >= 15 is 0 Å². The number of benzene rings is 1. The summed E-state index contributed by atoms with van der Waals surface area (Å²) in [4.78, 5) is 56.4. The molecule has 0 spiro atoms. The summed E-state index contributed by atoms with van der Waals surface area (Å²) in [5, 5.41) is 16.9. The molecule has 3 amide bonds. The summed E-state index contributed by atoms with van der Waals surface area (Å²) in [6.45, 7) is 9.71. The predicted octanol–water partition coefficient (Wildman–Crippen LogP) is 4.88. The number of nitrogens with one attached hydrogen (secondary N) is 2. The highest BCUT2D eigenvalue weighted by Crippen LogP contribution is 2.31. The topological polar surface area (TPSA) is 164 Å². The number of nitrogens with zero attached hydrogens (tertiary/aromatic N) is 2. The SMILES string of the molecule is CC[C@H](C)CC(=O)N(C)[C@H](C[C@@H](OC(=O)NC)c1nc(C(=O)N[C@@H](Cc2ccc(N)cc2)C[C@H](C)C(=O)O)cs1)C(C)C. The van der Waals surface area contributed by atoms with E-state index in [-0.39, 0.29) is 35.9 Å². The molecule has 0 aliphatic rings. The van der Waals surface area contributed by atoms with E-state index in [0.717, 1.165) is 12.0 Å². The van der Waals surface area contributed by atoms with Gasteiger partial charge >= 0.3 is 12.1 Å². The Balaban J connectivity index is 2.28. The Morgan fingerprint density at radius 3 is 2.30 bits per heavy atom. The van der Waals surface area contributed by atoms with Crippen molar-refractivity contribution in [3.63, 3.8) is 0 Å². The van der Waals surface area contributed by atoms with Gasteiger partial charge in [-0.3, -0.25) is 14.4 Å². The number of rotatable bonds is 16. The maximum Gasteiger partial charge on any atom is 0.407 e. The van der Waals surface area contributed by atoms with Crippen molar-refractivity contribution in [1.82, 2.24) is 20.5 Å². The van der Waals surface area contributed by atoms with Crippen LogP contribution < -0.4 is 16.4 Å². The largest absolute Gasteiger partial charge is 0.481 e. The average molecular weight is 618 g/mol. The van der Waals surface area contributed by atoms with Crippen LogP contribution in [-0.4, -0.2) is 65.0 Å². The number of nitrogen functional groups attached to an aromatic ring is 1. The maximum absolute atomic E-state index is 13.3. The van der Waals surface area contributed by atoms with Crippen molar-refractivity contribution >= 4 is 40.9 Å². The van der Waals surface area contributed by atoms with E-state index in [1.807, 2.05) is 39.8 Å². The third-order valence-corrected chi connectivity index (χ3v) is 8.61. The smallest absolute Gasteiger partial charge is 0.407 e. The van der Waals surface area contributed by atoms with Gasteiger partial charge in [0.25, 0.3) is 5.91 Å². The zero-order chi connectivity index (χ0) is 32.3. The van der Waals surface area contributed by atoms with Crippen molar-refractivity contribution in [2.75, 3.05) is 19.8 Å². The van der Waals surface area contributed by atoms with E-state index in [1.165, 1.54) is 18.4 Å². The molecule has 1 heterocycles. The maximum atomic E-state index is 13.3. The van der Waals surface area contributed by atoms with Crippen LogP contribution in [-0.2, 0) is 20.7 Å². The molecule has 0 radical (unpaired) electrons. The van der Waals surface area contributed by atoms with Gasteiger partial charge in [-0.25, -0.2) is 9.78 Å². The highest BCUT2D eigenvalue weighted by atomic mass is 32.1. The van der Waals surface area contributed by atoms with Crippen LogP contribution in [0.15, 0.2) is 29.6 Å². The van der Waals surface area contributed by atoms with Gasteiger partial charge in [0.05, 0.1) is 5.92 Å². The minimum Gasteiger partial charge on any atom is -0.481 e. The van der Waals surface area contributed by atoms with Crippen LogP contribution in [0.1, 0.15) is 87.5 Å². The van der Waals surface area contributed by atoms with Crippen molar-refractivity contribution < 1.29 is 29.0 Å². The number of carbonyl (C=O) groups is 4. The van der Waals surface area contributed by atoms with Crippen LogP contribution in [0, 0.1) is 17.8 Å². The number of anilines is 1. The number of nitrogens with two attached hydrogens (primary N) is 1. The summed E-state index contributed by atoms with van der Waals surface area (Å²) in [6, 6.07) is 6.49. The third-order valence-electron chi connectivity index (χ3n) is 7.68. The lowest BCUT2D eigenvalue weighted by atomic mass is 9.95. The molecule has 0 saturated carbocycles. The van der Waals surface area contributed by atoms with E-state index < -0.39 is 36.0 Å². The number of thiazole rings is 1. The van der Waals surface area contributed by atoms with Crippen molar-refractivity contribution in [1.29, 1.82) is 0 Å². The van der Waals surface area contributed by atoms with Crippen molar-refractivity contribution in [3.8, 4) is 0 Å². The fourth-order valence-electron chi connectivity index (χ4n) is 4.71. The first-order chi connectivity index (χ1) is 20.2. The Hall–Kier alpha value is -3.67. The molecule has 0 bridgehead atoms. The van der Waals surface area contributed by atoms with Crippen LogP contribution >= 0.6 is 11.3 Å². The number of carbonyl (C=O) groups excluding carboxylic acids is 3. The Bertz CT molecular complexity index is 1220. The Morgan fingerprint density at radius 1 is 1.09 bits per heavy atom. The summed E-state index contributed by atoms with van der Waals surface area (Å²) < 4.78 is 5.69. The molecule has 12 heteroatoms. The Morgan fingerprint density at radius 2 is 1.74 bits per heavy atom. The second-order valence-electron chi connectivity index (χ2n) is 11.6. The van der Waals surface area contributed by atoms with Crippen LogP contribution in [0.2, 0.25) is 0 Å². The Labute approximate surface area is 258 Å². The number of alkyl carbamates (subject to hydrolysis) is 1. The zero-order valence-electron chi connectivity index (χ0n) is 26.3. The third kappa shape index (κ3) is 11.2. The summed E-state index contributed by atoms with van der Waals surface area (Å²) in [5.74, 6) is -1.75. The van der Waals surface area contributed by atoms with Gasteiger partial charge in [-0.05, 0) is 42.4 Å². The molecule has 5 N–H and O–H groups in total. The van der Waals surface area contributed by atoms with Gasteiger partial charge in [0.1, 0.15) is 10.7 Å². The first-order valence-corrected chi connectivity index (χ1v) is 15.6. The molecule has 0 aliphatic heterocycles. The number of carboxylic acid groups (broad SMARTS) is 1. The van der Waals surface area contributed by atoms with Gasteiger partial charge in [0.2, 0.25) is 5.91 Å². The lowest BCUT2D eigenvalue weighted by Gasteiger charge is -2.34. The standard InChI is InChI=1S/C31H47N5O6S/c1-8-19(4)13-27(37)36(7)25(18(2)3)16-26(42-31(41)33-6)29-35-24(17-43-29)28(38)34-23(14-20(5)30(39)40)15-21-9-11-22(32)12-10-21/h9-12,17-20,23,25-26H,8,13-16,32H2,1-7H3,(H,33,41)(H,34,38)(H,39,40)/t19-,20-,23+,25+,26+/m0/s1. The molecule has 0 aliphatic carbocycles. The van der Waals surface area contributed by atoms with E-state index in [2.05, 4.69) is 15.6 Å². The molecule has 0 unspecified atom stereocenters. The molecule has 1 aromatic heterocycles. The number of hydrogen-bond donors (Lipinski definition) is 4. The normalized spacial score (nSPS) is 14.7. The molecular weight excluding hydrogens is 570 g/mol. The predicted molar refractivity (Wildman–Crippen MR) is 168 cm³/mol. The Kier molecular flexibility index (Phi) is 13.9. The van der Waals surface area contributed by atoms with Crippen molar-refractivity contribution in [3.05, 3.63) is 45.9 Å². The molecule has 0 saturated heterocycles. The summed E-state index contributed by atoms with van der Waals surface area (Å²) in [5.41, 5.74) is 7.44. The second kappa shape index (κ2) is 16.8. The van der Waals surface area contributed by atoms with E-state index in [9.17, 15) is 24.3 Å². The number of carboxylic acids is 1. The van der Waals surface area contributed by atoms with Gasteiger partial charge in [0.15, 0.2) is 6.10 Å². The number of aromatic nitrogens is 1. The lowest BCUT2D eigenvalue weighted by molar-refractivity contribution is -0.141. The minimum atomic E-state index is -0.950. The van der Waals surface area contributed by atoms with E-state index in [0.29, 0.717) is 30.0 Å². The fraction of sp³-hybridized carbons (Fsp3) is 0.581. The highest BCUT2D eigenvalue weighted by molar-refractivity contribution is 7.09. The number of ether oxygens (including phenoxy) is 1. The molecule has 5 atom stereocenters. The van der Waals surface area contributed by atoms with Crippen molar-refractivity contribution in [2.45, 2.75) is 84.9 Å². The molecular formula is C31H47N5O6S. The average Bonchev–Trinajstić information content (AvgIpc) is 3.46. The first kappa shape index (κ1) is 35.5. The van der Waals surface area contributed by atoms with Crippen LogP contribution in [0.4, 0.5) is 10.5 Å². The van der Waals surface area contributed by atoms with Crippen LogP contribution in [0.25, 0.3) is 0 Å². The van der Waals surface area contributed by atoms with Gasteiger partial charge in [-0.2, -0.15) is 0 Å².